The fourth-order valence-corrected chi connectivity index (χ4v) is 2.87. The lowest BCUT2D eigenvalue weighted by Crippen LogP contribution is -2.05. The lowest BCUT2D eigenvalue weighted by atomic mass is 10.2. The highest BCUT2D eigenvalue weighted by atomic mass is 79.9. The number of anilines is 5. The van der Waals surface area contributed by atoms with Crippen LogP contribution in [0, 0.1) is 0 Å². The zero-order chi connectivity index (χ0) is 17.9. The van der Waals surface area contributed by atoms with Crippen LogP contribution in [0.5, 0.6) is 0 Å². The summed E-state index contributed by atoms with van der Waals surface area (Å²) in [5.74, 6) is 1.08. The molecule has 26 heavy (non-hydrogen) atoms. The molecule has 0 atom stereocenters. The van der Waals surface area contributed by atoms with E-state index in [9.17, 15) is 0 Å². The average Bonchev–Trinajstić information content (AvgIpc) is 2.67. The van der Waals surface area contributed by atoms with Crippen molar-refractivity contribution in [2.75, 3.05) is 16.4 Å². The molecule has 0 aliphatic carbocycles. The van der Waals surface area contributed by atoms with E-state index in [1.807, 2.05) is 54.6 Å². The van der Waals surface area contributed by atoms with Gasteiger partial charge in [-0.05, 0) is 48.5 Å². The summed E-state index contributed by atoms with van der Waals surface area (Å²) in [6.45, 7) is 0. The SMILES string of the molecule is Nc1c(Nc2ccc(Br)cc2)ncnc1Nc1cccc2ncccc12. The first-order chi connectivity index (χ1) is 12.7. The molecule has 0 aliphatic rings. The number of rotatable bonds is 4. The van der Waals surface area contributed by atoms with Crippen LogP contribution in [0.3, 0.4) is 0 Å². The van der Waals surface area contributed by atoms with Crippen LogP contribution < -0.4 is 16.4 Å². The number of aromatic nitrogens is 3. The summed E-state index contributed by atoms with van der Waals surface area (Å²) in [7, 11) is 0. The van der Waals surface area contributed by atoms with Gasteiger partial charge in [-0.3, -0.25) is 4.98 Å². The predicted molar refractivity (Wildman–Crippen MR) is 109 cm³/mol. The van der Waals surface area contributed by atoms with Gasteiger partial charge in [0.1, 0.15) is 12.0 Å². The van der Waals surface area contributed by atoms with E-state index in [0.29, 0.717) is 17.3 Å². The van der Waals surface area contributed by atoms with Crippen molar-refractivity contribution in [3.63, 3.8) is 0 Å². The Labute approximate surface area is 158 Å². The molecule has 128 valence electrons. The standard InChI is InChI=1S/C19H15BrN6/c20-12-6-8-13(9-7-12)25-18-17(21)19(24-11-23-18)26-16-5-1-4-15-14(16)3-2-10-22-15/h1-11H,21H2,(H2,23,24,25,26). The molecule has 0 aliphatic heterocycles. The fourth-order valence-electron chi connectivity index (χ4n) is 2.60. The van der Waals surface area contributed by atoms with Crippen molar-refractivity contribution in [2.45, 2.75) is 0 Å². The summed E-state index contributed by atoms with van der Waals surface area (Å²) in [5.41, 5.74) is 9.39. The molecular formula is C19H15BrN6. The highest BCUT2D eigenvalue weighted by molar-refractivity contribution is 9.10. The number of nitrogens with one attached hydrogen (secondary N) is 2. The van der Waals surface area contributed by atoms with E-state index in [1.165, 1.54) is 6.33 Å². The fraction of sp³-hybridized carbons (Fsp3) is 0. The van der Waals surface area contributed by atoms with Crippen LogP contribution >= 0.6 is 15.9 Å². The summed E-state index contributed by atoms with van der Waals surface area (Å²) >= 11 is 3.42. The minimum absolute atomic E-state index is 0.441. The predicted octanol–water partition coefficient (Wildman–Crippen LogP) is 4.86. The first kappa shape index (κ1) is 16.3. The molecule has 0 saturated heterocycles. The second-order valence-electron chi connectivity index (χ2n) is 5.62. The van der Waals surface area contributed by atoms with Crippen LogP contribution in [0.25, 0.3) is 10.9 Å². The smallest absolute Gasteiger partial charge is 0.159 e. The number of pyridine rings is 1. The van der Waals surface area contributed by atoms with Crippen molar-refractivity contribution in [2.24, 2.45) is 0 Å². The van der Waals surface area contributed by atoms with Gasteiger partial charge in [0.25, 0.3) is 0 Å². The van der Waals surface area contributed by atoms with Crippen molar-refractivity contribution >= 4 is 55.5 Å². The normalized spacial score (nSPS) is 10.7. The quantitative estimate of drug-likeness (QED) is 0.448. The van der Waals surface area contributed by atoms with Gasteiger partial charge >= 0.3 is 0 Å². The monoisotopic (exact) mass is 406 g/mol. The number of nitrogens with zero attached hydrogens (tertiary/aromatic N) is 3. The molecule has 2 aromatic carbocycles. The minimum atomic E-state index is 0.441. The van der Waals surface area contributed by atoms with Crippen LogP contribution in [-0.2, 0) is 0 Å². The third-order valence-electron chi connectivity index (χ3n) is 3.89. The molecule has 0 radical (unpaired) electrons. The first-order valence-electron chi connectivity index (χ1n) is 7.94. The van der Waals surface area contributed by atoms with Crippen molar-refractivity contribution in [1.82, 2.24) is 15.0 Å². The Morgan fingerprint density at radius 1 is 0.808 bits per heavy atom. The topological polar surface area (TPSA) is 88.8 Å². The van der Waals surface area contributed by atoms with E-state index in [2.05, 4.69) is 41.5 Å². The molecule has 0 fully saturated rings. The minimum Gasteiger partial charge on any atom is -0.393 e. The van der Waals surface area contributed by atoms with Crippen LogP contribution in [0.2, 0.25) is 0 Å². The maximum atomic E-state index is 6.28. The lowest BCUT2D eigenvalue weighted by molar-refractivity contribution is 1.17. The second kappa shape index (κ2) is 6.97. The van der Waals surface area contributed by atoms with E-state index >= 15 is 0 Å². The Hall–Kier alpha value is -3.19. The molecular weight excluding hydrogens is 392 g/mol. The first-order valence-corrected chi connectivity index (χ1v) is 8.74. The van der Waals surface area contributed by atoms with Gasteiger partial charge in [0, 0.05) is 27.4 Å². The number of benzene rings is 2. The van der Waals surface area contributed by atoms with E-state index < -0.39 is 0 Å². The van der Waals surface area contributed by atoms with Gasteiger partial charge in [0.15, 0.2) is 11.6 Å². The maximum absolute atomic E-state index is 6.28. The van der Waals surface area contributed by atoms with Gasteiger partial charge < -0.3 is 16.4 Å². The maximum Gasteiger partial charge on any atom is 0.159 e. The van der Waals surface area contributed by atoms with Crippen LogP contribution in [0.15, 0.2) is 71.6 Å². The summed E-state index contributed by atoms with van der Waals surface area (Å²) < 4.78 is 1.01. The molecule has 0 bridgehead atoms. The highest BCUT2D eigenvalue weighted by Crippen LogP contribution is 2.30. The highest BCUT2D eigenvalue weighted by Gasteiger charge is 2.10. The summed E-state index contributed by atoms with van der Waals surface area (Å²) in [4.78, 5) is 12.9. The summed E-state index contributed by atoms with van der Waals surface area (Å²) in [5, 5.41) is 7.50. The van der Waals surface area contributed by atoms with Gasteiger partial charge in [-0.2, -0.15) is 0 Å². The van der Waals surface area contributed by atoms with Crippen LogP contribution in [0.4, 0.5) is 28.7 Å². The van der Waals surface area contributed by atoms with Gasteiger partial charge in [0.05, 0.1) is 5.52 Å². The zero-order valence-electron chi connectivity index (χ0n) is 13.6. The molecule has 0 amide bonds. The van der Waals surface area contributed by atoms with Gasteiger partial charge in [0.2, 0.25) is 0 Å². The summed E-state index contributed by atoms with van der Waals surface area (Å²) in [6.07, 6.45) is 3.24. The van der Waals surface area contributed by atoms with E-state index in [1.54, 1.807) is 6.20 Å². The van der Waals surface area contributed by atoms with E-state index in [0.717, 1.165) is 26.8 Å². The van der Waals surface area contributed by atoms with Crippen molar-refractivity contribution in [3.05, 3.63) is 71.6 Å². The van der Waals surface area contributed by atoms with E-state index in [4.69, 9.17) is 5.73 Å². The van der Waals surface area contributed by atoms with Crippen molar-refractivity contribution in [3.8, 4) is 0 Å². The van der Waals surface area contributed by atoms with E-state index in [-0.39, 0.29) is 0 Å². The van der Waals surface area contributed by atoms with Gasteiger partial charge in [-0.1, -0.05) is 22.0 Å². The largest absolute Gasteiger partial charge is 0.393 e. The molecule has 2 heterocycles. The lowest BCUT2D eigenvalue weighted by Gasteiger charge is -2.13. The number of hydrogen-bond acceptors (Lipinski definition) is 6. The van der Waals surface area contributed by atoms with Crippen molar-refractivity contribution < 1.29 is 0 Å². The molecule has 4 N–H and O–H groups in total. The van der Waals surface area contributed by atoms with Crippen molar-refractivity contribution in [1.29, 1.82) is 0 Å². The Morgan fingerprint density at radius 3 is 2.38 bits per heavy atom. The Bertz CT molecular complexity index is 1060. The molecule has 4 aromatic rings. The number of hydrogen-bond donors (Lipinski definition) is 3. The van der Waals surface area contributed by atoms with Gasteiger partial charge in [-0.25, -0.2) is 9.97 Å². The molecule has 2 aromatic heterocycles. The van der Waals surface area contributed by atoms with Gasteiger partial charge in [-0.15, -0.1) is 0 Å². The molecule has 4 rings (SSSR count). The Morgan fingerprint density at radius 2 is 1.58 bits per heavy atom. The Kier molecular flexibility index (Phi) is 4.37. The molecule has 0 spiro atoms. The average molecular weight is 407 g/mol. The zero-order valence-corrected chi connectivity index (χ0v) is 15.2. The third-order valence-corrected chi connectivity index (χ3v) is 4.42. The third kappa shape index (κ3) is 3.29. The molecule has 0 saturated carbocycles. The van der Waals surface area contributed by atoms with Crippen LogP contribution in [-0.4, -0.2) is 15.0 Å². The number of nitrogen functional groups attached to an aromatic ring is 1. The second-order valence-corrected chi connectivity index (χ2v) is 6.53. The summed E-state index contributed by atoms with van der Waals surface area (Å²) in [6, 6.07) is 17.5. The molecule has 7 heteroatoms. The number of fused-ring (bicyclic) bond motifs is 1. The number of halogens is 1. The number of nitrogens with two attached hydrogens (primary N) is 1. The van der Waals surface area contributed by atoms with Crippen LogP contribution in [0.1, 0.15) is 0 Å². The molecule has 0 unspecified atom stereocenters. The Balaban J connectivity index is 1.66. The molecule has 6 nitrogen and oxygen atoms in total.